The molecule has 2 aliphatic carbocycles. The van der Waals surface area contributed by atoms with E-state index in [-0.39, 0.29) is 5.60 Å². The Labute approximate surface area is 131 Å². The highest BCUT2D eigenvalue weighted by atomic mass is 16.5. The van der Waals surface area contributed by atoms with E-state index in [1.807, 2.05) is 0 Å². The smallest absolute Gasteiger partial charge is 0.0810 e. The van der Waals surface area contributed by atoms with E-state index in [4.69, 9.17) is 4.74 Å². The van der Waals surface area contributed by atoms with Gasteiger partial charge in [0, 0.05) is 12.6 Å². The van der Waals surface area contributed by atoms with Gasteiger partial charge in [0.05, 0.1) is 11.7 Å². The second kappa shape index (κ2) is 7.97. The van der Waals surface area contributed by atoms with Crippen LogP contribution in [0.25, 0.3) is 0 Å². The molecule has 1 spiro atoms. The maximum absolute atomic E-state index is 6.76. The molecule has 0 aromatic rings. The predicted octanol–water partition coefficient (Wildman–Crippen LogP) is 4.96. The molecule has 2 nitrogen and oxygen atoms in total. The van der Waals surface area contributed by atoms with Crippen molar-refractivity contribution >= 4 is 0 Å². The summed E-state index contributed by atoms with van der Waals surface area (Å²) in [4.78, 5) is 0. The van der Waals surface area contributed by atoms with Crippen LogP contribution in [0.2, 0.25) is 0 Å². The monoisotopic (exact) mass is 293 g/mol. The van der Waals surface area contributed by atoms with Gasteiger partial charge in [0.15, 0.2) is 0 Å². The van der Waals surface area contributed by atoms with Gasteiger partial charge in [-0.1, -0.05) is 70.6 Å². The van der Waals surface area contributed by atoms with E-state index in [9.17, 15) is 0 Å². The molecule has 2 atom stereocenters. The normalized spacial score (nSPS) is 35.4. The van der Waals surface area contributed by atoms with E-state index in [1.165, 1.54) is 96.3 Å². The first-order valence-corrected chi connectivity index (χ1v) is 9.79. The quantitative estimate of drug-likeness (QED) is 0.681. The molecular weight excluding hydrogens is 258 g/mol. The molecule has 0 radical (unpaired) electrons. The van der Waals surface area contributed by atoms with Crippen LogP contribution >= 0.6 is 0 Å². The summed E-state index contributed by atoms with van der Waals surface area (Å²) in [5, 5.41) is 3.91. The molecule has 1 N–H and O–H groups in total. The van der Waals surface area contributed by atoms with Crippen molar-refractivity contribution in [2.24, 2.45) is 0 Å². The van der Waals surface area contributed by atoms with Gasteiger partial charge in [-0.3, -0.25) is 0 Å². The maximum Gasteiger partial charge on any atom is 0.0810 e. The zero-order valence-corrected chi connectivity index (χ0v) is 13.9. The molecule has 3 rings (SSSR count). The van der Waals surface area contributed by atoms with Gasteiger partial charge in [0.25, 0.3) is 0 Å². The van der Waals surface area contributed by atoms with Crippen LogP contribution in [0.5, 0.6) is 0 Å². The van der Waals surface area contributed by atoms with Crippen LogP contribution in [0.3, 0.4) is 0 Å². The molecule has 1 heterocycles. The summed E-state index contributed by atoms with van der Waals surface area (Å²) in [6.07, 6.45) is 21.3. The minimum atomic E-state index is 0.205. The van der Waals surface area contributed by atoms with E-state index in [0.717, 1.165) is 6.54 Å². The summed E-state index contributed by atoms with van der Waals surface area (Å²) in [7, 11) is 0. The highest BCUT2D eigenvalue weighted by molar-refractivity contribution is 4.95. The summed E-state index contributed by atoms with van der Waals surface area (Å²) >= 11 is 0. The maximum atomic E-state index is 6.76. The van der Waals surface area contributed by atoms with Gasteiger partial charge in [0.2, 0.25) is 0 Å². The van der Waals surface area contributed by atoms with Crippen molar-refractivity contribution in [3.8, 4) is 0 Å². The minimum Gasteiger partial charge on any atom is -0.369 e. The van der Waals surface area contributed by atoms with Crippen molar-refractivity contribution in [2.75, 3.05) is 6.54 Å². The van der Waals surface area contributed by atoms with Crippen LogP contribution in [0.15, 0.2) is 0 Å². The van der Waals surface area contributed by atoms with Crippen molar-refractivity contribution in [3.63, 3.8) is 0 Å². The molecule has 2 heteroatoms. The Bertz CT molecular complexity index is 298. The van der Waals surface area contributed by atoms with Crippen molar-refractivity contribution in [3.05, 3.63) is 0 Å². The molecule has 2 saturated carbocycles. The van der Waals surface area contributed by atoms with Gasteiger partial charge in [0.1, 0.15) is 0 Å². The average Bonchev–Trinajstić information content (AvgIpc) is 2.50. The fourth-order valence-corrected chi connectivity index (χ4v) is 4.70. The minimum absolute atomic E-state index is 0.205. The average molecular weight is 293 g/mol. The fourth-order valence-electron chi connectivity index (χ4n) is 4.70. The van der Waals surface area contributed by atoms with E-state index < -0.39 is 0 Å². The number of ether oxygens (including phenoxy) is 1. The van der Waals surface area contributed by atoms with Crippen molar-refractivity contribution in [2.45, 2.75) is 114 Å². The third kappa shape index (κ3) is 4.45. The Balaban J connectivity index is 1.58. The summed E-state index contributed by atoms with van der Waals surface area (Å²) in [5.41, 5.74) is 0.205. The molecule has 1 saturated heterocycles. The Morgan fingerprint density at radius 1 is 0.667 bits per heavy atom. The fraction of sp³-hybridized carbons (Fsp3) is 1.00. The number of rotatable bonds is 0. The number of nitrogens with one attached hydrogen (secondary N) is 1. The van der Waals surface area contributed by atoms with Crippen LogP contribution in [0.4, 0.5) is 0 Å². The van der Waals surface area contributed by atoms with Crippen LogP contribution in [-0.2, 0) is 4.74 Å². The van der Waals surface area contributed by atoms with Crippen LogP contribution in [-0.4, -0.2) is 24.3 Å². The lowest BCUT2D eigenvalue weighted by molar-refractivity contribution is -0.154. The van der Waals surface area contributed by atoms with Gasteiger partial charge in [-0.2, -0.15) is 0 Å². The lowest BCUT2D eigenvalue weighted by atomic mass is 9.81. The molecule has 0 aromatic heterocycles. The lowest BCUT2D eigenvalue weighted by Crippen LogP contribution is -2.59. The molecule has 122 valence electrons. The van der Waals surface area contributed by atoms with E-state index in [1.54, 1.807) is 0 Å². The first-order chi connectivity index (χ1) is 10.4. The molecule has 3 aliphatic rings. The number of hydrogen-bond acceptors (Lipinski definition) is 2. The predicted molar refractivity (Wildman–Crippen MR) is 88.6 cm³/mol. The van der Waals surface area contributed by atoms with Gasteiger partial charge in [-0.15, -0.1) is 0 Å². The Morgan fingerprint density at radius 2 is 1.24 bits per heavy atom. The molecule has 3 fully saturated rings. The van der Waals surface area contributed by atoms with E-state index in [2.05, 4.69) is 5.32 Å². The molecule has 21 heavy (non-hydrogen) atoms. The van der Waals surface area contributed by atoms with E-state index >= 15 is 0 Å². The number of fused-ring (bicyclic) bond motifs is 1. The Morgan fingerprint density at radius 3 is 1.95 bits per heavy atom. The highest BCUT2D eigenvalue weighted by Crippen LogP contribution is 2.37. The van der Waals surface area contributed by atoms with Crippen molar-refractivity contribution < 1.29 is 4.74 Å². The van der Waals surface area contributed by atoms with Gasteiger partial charge in [-0.05, 0) is 25.7 Å². The highest BCUT2D eigenvalue weighted by Gasteiger charge is 2.41. The lowest BCUT2D eigenvalue weighted by Gasteiger charge is -2.48. The molecule has 1 aliphatic heterocycles. The summed E-state index contributed by atoms with van der Waals surface area (Å²) in [5.74, 6) is 0. The number of hydrogen-bond donors (Lipinski definition) is 1. The standard InChI is InChI=1S/C19H35NO/c1-2-4-6-9-13-18-17(12-8-5-3-1)20-16-19(21-18)14-10-7-11-15-19/h17-18,20H,1-16H2. The Hall–Kier alpha value is -0.0800. The van der Waals surface area contributed by atoms with Crippen molar-refractivity contribution in [1.29, 1.82) is 0 Å². The third-order valence-corrected chi connectivity index (χ3v) is 6.06. The molecular formula is C19H35NO. The first kappa shape index (κ1) is 15.8. The summed E-state index contributed by atoms with van der Waals surface area (Å²) in [6, 6.07) is 0.636. The van der Waals surface area contributed by atoms with E-state index in [0.29, 0.717) is 12.1 Å². The zero-order valence-electron chi connectivity index (χ0n) is 13.9. The molecule has 0 bridgehead atoms. The third-order valence-electron chi connectivity index (χ3n) is 6.06. The summed E-state index contributed by atoms with van der Waals surface area (Å²) < 4.78 is 6.76. The zero-order chi connectivity index (χ0) is 14.4. The number of morpholine rings is 1. The molecule has 0 amide bonds. The Kier molecular flexibility index (Phi) is 5.99. The molecule has 0 aromatic carbocycles. The summed E-state index contributed by atoms with van der Waals surface area (Å²) in [6.45, 7) is 1.12. The van der Waals surface area contributed by atoms with Gasteiger partial charge < -0.3 is 10.1 Å². The van der Waals surface area contributed by atoms with Crippen LogP contribution < -0.4 is 5.32 Å². The van der Waals surface area contributed by atoms with Crippen LogP contribution in [0, 0.1) is 0 Å². The molecule has 2 unspecified atom stereocenters. The van der Waals surface area contributed by atoms with Crippen LogP contribution in [0.1, 0.15) is 96.3 Å². The van der Waals surface area contributed by atoms with Gasteiger partial charge >= 0.3 is 0 Å². The first-order valence-electron chi connectivity index (χ1n) is 9.79. The second-order valence-corrected chi connectivity index (χ2v) is 7.79. The topological polar surface area (TPSA) is 21.3 Å². The van der Waals surface area contributed by atoms with Crippen molar-refractivity contribution in [1.82, 2.24) is 5.32 Å². The second-order valence-electron chi connectivity index (χ2n) is 7.79. The largest absolute Gasteiger partial charge is 0.369 e. The van der Waals surface area contributed by atoms with Gasteiger partial charge in [-0.25, -0.2) is 0 Å². The SMILES string of the molecule is C1CCCCCC2OC3(CCCCC3)CNC2CCCC1.